The molecule has 0 spiro atoms. The van der Waals surface area contributed by atoms with Crippen molar-refractivity contribution in [1.29, 1.82) is 0 Å². The van der Waals surface area contributed by atoms with Crippen molar-refractivity contribution in [1.82, 2.24) is 0 Å². The SMILES string of the molecule is CCc1ccccc1C=C(CO)C1CCCCC1. The van der Waals surface area contributed by atoms with Crippen LogP contribution in [0.15, 0.2) is 29.8 Å². The predicted molar refractivity (Wildman–Crippen MR) is 77.5 cm³/mol. The zero-order valence-corrected chi connectivity index (χ0v) is 11.4. The van der Waals surface area contributed by atoms with Crippen molar-refractivity contribution in [2.45, 2.75) is 45.4 Å². The van der Waals surface area contributed by atoms with Crippen LogP contribution in [0.1, 0.15) is 50.2 Å². The van der Waals surface area contributed by atoms with Gasteiger partial charge in [-0.15, -0.1) is 0 Å². The summed E-state index contributed by atoms with van der Waals surface area (Å²) in [6.07, 6.45) is 9.78. The van der Waals surface area contributed by atoms with Crippen LogP contribution in [0, 0.1) is 5.92 Å². The molecule has 0 aromatic heterocycles. The minimum atomic E-state index is 0.211. The second-order valence-electron chi connectivity index (χ2n) is 5.26. The van der Waals surface area contributed by atoms with E-state index in [4.69, 9.17) is 0 Å². The second kappa shape index (κ2) is 6.75. The number of rotatable bonds is 4. The number of aryl methyl sites for hydroxylation is 1. The Labute approximate surface area is 111 Å². The summed E-state index contributed by atoms with van der Waals surface area (Å²) in [6, 6.07) is 8.52. The molecule has 1 aliphatic carbocycles. The maximum absolute atomic E-state index is 9.63. The maximum Gasteiger partial charge on any atom is 0.0647 e. The molecule has 1 fully saturated rings. The summed E-state index contributed by atoms with van der Waals surface area (Å²) >= 11 is 0. The molecule has 0 saturated heterocycles. The van der Waals surface area contributed by atoms with E-state index in [2.05, 4.69) is 37.3 Å². The highest BCUT2D eigenvalue weighted by Crippen LogP contribution is 2.31. The van der Waals surface area contributed by atoms with Crippen LogP contribution in [-0.4, -0.2) is 11.7 Å². The molecular formula is C17H24O. The highest BCUT2D eigenvalue weighted by atomic mass is 16.3. The first kappa shape index (κ1) is 13.4. The molecular weight excluding hydrogens is 220 g/mol. The predicted octanol–water partition coefficient (Wildman–Crippen LogP) is 4.21. The molecule has 1 nitrogen and oxygen atoms in total. The molecule has 1 saturated carbocycles. The summed E-state index contributed by atoms with van der Waals surface area (Å²) in [5.41, 5.74) is 3.89. The van der Waals surface area contributed by atoms with E-state index in [0.29, 0.717) is 5.92 Å². The van der Waals surface area contributed by atoms with Crippen molar-refractivity contribution in [3.63, 3.8) is 0 Å². The fourth-order valence-electron chi connectivity index (χ4n) is 2.96. The number of hydrogen-bond acceptors (Lipinski definition) is 1. The highest BCUT2D eigenvalue weighted by molar-refractivity contribution is 5.57. The van der Waals surface area contributed by atoms with E-state index in [0.717, 1.165) is 6.42 Å². The van der Waals surface area contributed by atoms with Crippen LogP contribution in [0.4, 0.5) is 0 Å². The number of hydrogen-bond donors (Lipinski definition) is 1. The quantitative estimate of drug-likeness (QED) is 0.841. The van der Waals surface area contributed by atoms with Crippen LogP contribution >= 0.6 is 0 Å². The Kier molecular flexibility index (Phi) is 5.00. The second-order valence-corrected chi connectivity index (χ2v) is 5.26. The van der Waals surface area contributed by atoms with E-state index in [-0.39, 0.29) is 6.61 Å². The van der Waals surface area contributed by atoms with Gasteiger partial charge in [-0.05, 0) is 41.9 Å². The van der Waals surface area contributed by atoms with E-state index >= 15 is 0 Å². The smallest absolute Gasteiger partial charge is 0.0647 e. The number of aliphatic hydroxyl groups excluding tert-OH is 1. The summed E-state index contributed by atoms with van der Waals surface area (Å²) in [7, 11) is 0. The molecule has 2 rings (SSSR count). The lowest BCUT2D eigenvalue weighted by atomic mass is 9.83. The minimum absolute atomic E-state index is 0.211. The number of benzene rings is 1. The van der Waals surface area contributed by atoms with Crippen molar-refractivity contribution in [2.75, 3.05) is 6.61 Å². The van der Waals surface area contributed by atoms with Crippen LogP contribution in [-0.2, 0) is 6.42 Å². The lowest BCUT2D eigenvalue weighted by Crippen LogP contribution is -2.11. The largest absolute Gasteiger partial charge is 0.392 e. The van der Waals surface area contributed by atoms with Gasteiger partial charge in [0.05, 0.1) is 6.61 Å². The molecule has 1 N–H and O–H groups in total. The summed E-state index contributed by atoms with van der Waals surface area (Å²) in [5, 5.41) is 9.63. The summed E-state index contributed by atoms with van der Waals surface area (Å²) in [4.78, 5) is 0. The van der Waals surface area contributed by atoms with Gasteiger partial charge in [0, 0.05) is 0 Å². The van der Waals surface area contributed by atoms with E-state index in [1.54, 1.807) is 0 Å². The van der Waals surface area contributed by atoms with Gasteiger partial charge in [-0.3, -0.25) is 0 Å². The molecule has 18 heavy (non-hydrogen) atoms. The van der Waals surface area contributed by atoms with Gasteiger partial charge in [-0.2, -0.15) is 0 Å². The molecule has 1 heteroatoms. The van der Waals surface area contributed by atoms with Crippen molar-refractivity contribution >= 4 is 6.08 Å². The first-order chi connectivity index (χ1) is 8.85. The topological polar surface area (TPSA) is 20.2 Å². The van der Waals surface area contributed by atoms with Crippen LogP contribution < -0.4 is 0 Å². The lowest BCUT2D eigenvalue weighted by Gasteiger charge is -2.23. The fourth-order valence-corrected chi connectivity index (χ4v) is 2.96. The third-order valence-corrected chi connectivity index (χ3v) is 4.09. The lowest BCUT2D eigenvalue weighted by molar-refractivity contribution is 0.295. The van der Waals surface area contributed by atoms with Gasteiger partial charge in [-0.25, -0.2) is 0 Å². The molecule has 1 aromatic rings. The molecule has 0 aliphatic heterocycles. The van der Waals surface area contributed by atoms with Crippen molar-refractivity contribution in [3.05, 3.63) is 41.0 Å². The Balaban J connectivity index is 2.22. The Bertz CT molecular complexity index is 400. The average molecular weight is 244 g/mol. The Morgan fingerprint density at radius 1 is 1.22 bits per heavy atom. The van der Waals surface area contributed by atoms with Gasteiger partial charge in [0.2, 0.25) is 0 Å². The van der Waals surface area contributed by atoms with E-state index in [1.807, 2.05) is 0 Å². The minimum Gasteiger partial charge on any atom is -0.392 e. The molecule has 0 amide bonds. The van der Waals surface area contributed by atoms with Gasteiger partial charge in [0.15, 0.2) is 0 Å². The van der Waals surface area contributed by atoms with Gasteiger partial charge in [0.1, 0.15) is 0 Å². The third-order valence-electron chi connectivity index (χ3n) is 4.09. The van der Waals surface area contributed by atoms with Crippen molar-refractivity contribution in [3.8, 4) is 0 Å². The van der Waals surface area contributed by atoms with Crippen molar-refractivity contribution in [2.24, 2.45) is 5.92 Å². The monoisotopic (exact) mass is 244 g/mol. The third kappa shape index (κ3) is 3.23. The van der Waals surface area contributed by atoms with Crippen LogP contribution in [0.25, 0.3) is 6.08 Å². The Morgan fingerprint density at radius 3 is 2.61 bits per heavy atom. The van der Waals surface area contributed by atoms with Crippen LogP contribution in [0.3, 0.4) is 0 Å². The van der Waals surface area contributed by atoms with E-state index in [1.165, 1.54) is 48.8 Å². The molecule has 1 aromatic carbocycles. The Hall–Kier alpha value is -1.08. The summed E-state index contributed by atoms with van der Waals surface area (Å²) < 4.78 is 0. The first-order valence-corrected chi connectivity index (χ1v) is 7.24. The molecule has 0 bridgehead atoms. The number of aliphatic hydroxyl groups is 1. The molecule has 98 valence electrons. The van der Waals surface area contributed by atoms with Gasteiger partial charge >= 0.3 is 0 Å². The molecule has 0 unspecified atom stereocenters. The van der Waals surface area contributed by atoms with Gasteiger partial charge < -0.3 is 5.11 Å². The summed E-state index contributed by atoms with van der Waals surface area (Å²) in [6.45, 7) is 2.40. The van der Waals surface area contributed by atoms with Gasteiger partial charge in [-0.1, -0.05) is 56.5 Å². The standard InChI is InChI=1S/C17H24O/c1-2-14-8-6-7-11-16(14)12-17(13-18)15-9-4-3-5-10-15/h6-8,11-12,15,18H,2-5,9-10,13H2,1H3. The molecule has 0 heterocycles. The average Bonchev–Trinajstić information content (AvgIpc) is 2.46. The van der Waals surface area contributed by atoms with Crippen molar-refractivity contribution < 1.29 is 5.11 Å². The molecule has 0 radical (unpaired) electrons. The molecule has 1 aliphatic rings. The first-order valence-electron chi connectivity index (χ1n) is 7.24. The zero-order valence-electron chi connectivity index (χ0n) is 11.4. The zero-order chi connectivity index (χ0) is 12.8. The summed E-state index contributed by atoms with van der Waals surface area (Å²) in [5.74, 6) is 0.605. The van der Waals surface area contributed by atoms with E-state index < -0.39 is 0 Å². The highest BCUT2D eigenvalue weighted by Gasteiger charge is 2.17. The normalized spacial score (nSPS) is 18.0. The Morgan fingerprint density at radius 2 is 1.94 bits per heavy atom. The van der Waals surface area contributed by atoms with Gasteiger partial charge in [0.25, 0.3) is 0 Å². The molecule has 0 atom stereocenters. The van der Waals surface area contributed by atoms with E-state index in [9.17, 15) is 5.11 Å². The van der Waals surface area contributed by atoms with Crippen LogP contribution in [0.5, 0.6) is 0 Å². The maximum atomic E-state index is 9.63. The van der Waals surface area contributed by atoms with Crippen LogP contribution in [0.2, 0.25) is 0 Å². The fraction of sp³-hybridized carbons (Fsp3) is 0.529.